The number of aliphatic hydroxyl groups excluding tert-OH is 2. The van der Waals surface area contributed by atoms with Crippen LogP contribution in [-0.4, -0.2) is 65.9 Å². The quantitative estimate of drug-likeness (QED) is 0.315. The third-order valence-corrected chi connectivity index (χ3v) is 4.65. The maximum absolute atomic E-state index is 10.9. The molecule has 2 unspecified atom stereocenters. The van der Waals surface area contributed by atoms with E-state index < -0.39 is 35.5 Å². The number of carboxylic acid groups (broad SMARTS) is 3. The van der Waals surface area contributed by atoms with E-state index in [0.29, 0.717) is 6.42 Å². The van der Waals surface area contributed by atoms with Crippen LogP contribution in [0.25, 0.3) is 0 Å². The van der Waals surface area contributed by atoms with Gasteiger partial charge in [0.25, 0.3) is 0 Å². The first-order valence-corrected chi connectivity index (χ1v) is 9.01. The molecular formula is C21H24O10. The molecule has 0 aliphatic rings. The lowest BCUT2D eigenvalue weighted by Crippen LogP contribution is -2.39. The minimum Gasteiger partial charge on any atom is -0.508 e. The minimum absolute atomic E-state index is 0.0399. The van der Waals surface area contributed by atoms with Crippen LogP contribution >= 0.6 is 0 Å². The number of carbonyl (C=O) groups is 3. The summed E-state index contributed by atoms with van der Waals surface area (Å²) < 4.78 is 0. The van der Waals surface area contributed by atoms with E-state index >= 15 is 0 Å². The van der Waals surface area contributed by atoms with Crippen molar-refractivity contribution in [1.82, 2.24) is 0 Å². The van der Waals surface area contributed by atoms with Crippen molar-refractivity contribution in [2.45, 2.75) is 37.4 Å². The van der Waals surface area contributed by atoms with E-state index in [-0.39, 0.29) is 17.9 Å². The maximum Gasteiger partial charge on any atom is 0.335 e. The second-order valence-electron chi connectivity index (χ2n) is 6.89. The SMILES string of the molecule is CC(CCC(=O)O)(c1ccc(O)cc1)c1ccc(O)cc1.O=C(O)C(O)C(O)C(=O)O. The van der Waals surface area contributed by atoms with Gasteiger partial charge in [-0.25, -0.2) is 9.59 Å². The summed E-state index contributed by atoms with van der Waals surface area (Å²) in [5, 5.41) is 60.3. The molecule has 0 spiro atoms. The van der Waals surface area contributed by atoms with Gasteiger partial charge in [0, 0.05) is 11.8 Å². The van der Waals surface area contributed by atoms with Gasteiger partial charge in [0.1, 0.15) is 11.5 Å². The predicted octanol–water partition coefficient (Wildman–Crippen LogP) is 1.15. The van der Waals surface area contributed by atoms with E-state index in [1.54, 1.807) is 48.5 Å². The van der Waals surface area contributed by atoms with Crippen molar-refractivity contribution in [2.75, 3.05) is 0 Å². The monoisotopic (exact) mass is 436 g/mol. The van der Waals surface area contributed by atoms with Crippen molar-refractivity contribution in [2.24, 2.45) is 0 Å². The lowest BCUT2D eigenvalue weighted by atomic mass is 9.73. The zero-order valence-electron chi connectivity index (χ0n) is 16.5. The highest BCUT2D eigenvalue weighted by Gasteiger charge is 2.30. The molecular weight excluding hydrogens is 412 g/mol. The third-order valence-electron chi connectivity index (χ3n) is 4.65. The molecule has 2 aromatic rings. The highest BCUT2D eigenvalue weighted by atomic mass is 16.4. The van der Waals surface area contributed by atoms with Gasteiger partial charge in [-0.1, -0.05) is 31.2 Å². The van der Waals surface area contributed by atoms with Gasteiger partial charge in [0.2, 0.25) is 0 Å². The Morgan fingerprint density at radius 2 is 1.06 bits per heavy atom. The van der Waals surface area contributed by atoms with E-state index in [1.165, 1.54) is 0 Å². The number of aromatic hydroxyl groups is 2. The van der Waals surface area contributed by atoms with Crippen molar-refractivity contribution in [3.05, 3.63) is 59.7 Å². The van der Waals surface area contributed by atoms with Crippen molar-refractivity contribution in [3.63, 3.8) is 0 Å². The second kappa shape index (κ2) is 11.0. The summed E-state index contributed by atoms with van der Waals surface area (Å²) in [6.07, 6.45) is -4.06. The molecule has 0 amide bonds. The first-order chi connectivity index (χ1) is 14.4. The van der Waals surface area contributed by atoms with Gasteiger partial charge in [-0.2, -0.15) is 0 Å². The molecule has 0 radical (unpaired) electrons. The number of rotatable bonds is 8. The number of phenols is 2. The number of hydrogen-bond donors (Lipinski definition) is 7. The van der Waals surface area contributed by atoms with Gasteiger partial charge in [-0.3, -0.25) is 4.79 Å². The van der Waals surface area contributed by atoms with Crippen LogP contribution in [0.2, 0.25) is 0 Å². The zero-order chi connectivity index (χ0) is 23.8. The van der Waals surface area contributed by atoms with Crippen LogP contribution in [0, 0.1) is 0 Å². The summed E-state index contributed by atoms with van der Waals surface area (Å²) in [6.45, 7) is 1.97. The molecule has 31 heavy (non-hydrogen) atoms. The van der Waals surface area contributed by atoms with Gasteiger partial charge < -0.3 is 35.7 Å². The molecule has 0 bridgehead atoms. The Morgan fingerprint density at radius 3 is 1.32 bits per heavy atom. The van der Waals surface area contributed by atoms with Gasteiger partial charge in [-0.15, -0.1) is 0 Å². The number of phenolic OH excluding ortho intramolecular Hbond substituents is 2. The van der Waals surface area contributed by atoms with Crippen LogP contribution in [0.1, 0.15) is 30.9 Å². The standard InChI is InChI=1S/C17H18O4.C4H6O6/c1-17(11-10-16(20)21,12-2-6-14(18)7-3-12)13-4-8-15(19)9-5-13;5-1(3(7)8)2(6)4(9)10/h2-9,18-19H,10-11H2,1H3,(H,20,21);1-2,5-6H,(H,7,8)(H,9,10). The van der Waals surface area contributed by atoms with Crippen LogP contribution in [0.5, 0.6) is 11.5 Å². The number of carboxylic acids is 3. The largest absolute Gasteiger partial charge is 0.508 e. The summed E-state index contributed by atoms with van der Waals surface area (Å²) in [5.74, 6) is -4.04. The van der Waals surface area contributed by atoms with Crippen molar-refractivity contribution >= 4 is 17.9 Å². The Labute approximate surface area is 177 Å². The Bertz CT molecular complexity index is 826. The molecule has 10 nitrogen and oxygen atoms in total. The maximum atomic E-state index is 10.9. The fourth-order valence-corrected chi connectivity index (χ4v) is 2.74. The van der Waals surface area contributed by atoms with E-state index in [1.807, 2.05) is 6.92 Å². The zero-order valence-corrected chi connectivity index (χ0v) is 16.5. The first-order valence-electron chi connectivity index (χ1n) is 9.01. The Morgan fingerprint density at radius 1 is 0.742 bits per heavy atom. The smallest absolute Gasteiger partial charge is 0.335 e. The highest BCUT2D eigenvalue weighted by Crippen LogP contribution is 2.37. The topological polar surface area (TPSA) is 193 Å². The van der Waals surface area contributed by atoms with E-state index in [9.17, 15) is 24.6 Å². The number of aliphatic hydroxyl groups is 2. The Kier molecular flexibility index (Phi) is 8.97. The average Bonchev–Trinajstić information content (AvgIpc) is 2.72. The minimum atomic E-state index is -2.27. The predicted molar refractivity (Wildman–Crippen MR) is 107 cm³/mol. The van der Waals surface area contributed by atoms with Crippen LogP contribution in [0.3, 0.4) is 0 Å². The molecule has 2 atom stereocenters. The number of benzene rings is 2. The molecule has 168 valence electrons. The summed E-state index contributed by atoms with van der Waals surface area (Å²) in [6, 6.07) is 13.6. The van der Waals surface area contributed by atoms with Gasteiger partial charge in [-0.05, 0) is 41.8 Å². The first kappa shape index (κ1) is 25.4. The molecule has 7 N–H and O–H groups in total. The van der Waals surface area contributed by atoms with Gasteiger partial charge >= 0.3 is 17.9 Å². The third kappa shape index (κ3) is 7.28. The second-order valence-corrected chi connectivity index (χ2v) is 6.89. The number of aliphatic carboxylic acids is 3. The lowest BCUT2D eigenvalue weighted by Gasteiger charge is -2.30. The van der Waals surface area contributed by atoms with Crippen LogP contribution in [0.4, 0.5) is 0 Å². The number of hydrogen-bond acceptors (Lipinski definition) is 7. The molecule has 0 aromatic heterocycles. The highest BCUT2D eigenvalue weighted by molar-refractivity contribution is 5.83. The van der Waals surface area contributed by atoms with Crippen LogP contribution in [0.15, 0.2) is 48.5 Å². The average molecular weight is 436 g/mol. The molecule has 0 heterocycles. The summed E-state index contributed by atoms with van der Waals surface area (Å²) in [7, 11) is 0. The molecule has 0 aliphatic carbocycles. The Hall–Kier alpha value is -3.63. The van der Waals surface area contributed by atoms with Crippen LogP contribution in [-0.2, 0) is 19.8 Å². The summed E-state index contributed by atoms with van der Waals surface area (Å²) >= 11 is 0. The summed E-state index contributed by atoms with van der Waals surface area (Å²) in [5.41, 5.74) is 1.35. The molecule has 2 rings (SSSR count). The molecule has 2 aromatic carbocycles. The van der Waals surface area contributed by atoms with Crippen LogP contribution < -0.4 is 0 Å². The van der Waals surface area contributed by atoms with Crippen molar-refractivity contribution in [1.29, 1.82) is 0 Å². The van der Waals surface area contributed by atoms with E-state index in [0.717, 1.165) is 11.1 Å². The Balaban J connectivity index is 0.000000407. The van der Waals surface area contributed by atoms with Gasteiger partial charge in [0.05, 0.1) is 0 Å². The fourth-order valence-electron chi connectivity index (χ4n) is 2.74. The molecule has 0 aliphatic heterocycles. The van der Waals surface area contributed by atoms with E-state index in [2.05, 4.69) is 0 Å². The molecule has 0 saturated heterocycles. The van der Waals surface area contributed by atoms with Gasteiger partial charge in [0.15, 0.2) is 12.2 Å². The molecule has 10 heteroatoms. The lowest BCUT2D eigenvalue weighted by molar-refractivity contribution is -0.165. The van der Waals surface area contributed by atoms with E-state index in [4.69, 9.17) is 25.5 Å². The fraction of sp³-hybridized carbons (Fsp3) is 0.286. The molecule has 0 saturated carbocycles. The molecule has 0 fully saturated rings. The van der Waals surface area contributed by atoms with Crippen molar-refractivity contribution < 1.29 is 50.1 Å². The normalized spacial score (nSPS) is 12.7. The van der Waals surface area contributed by atoms with Crippen molar-refractivity contribution in [3.8, 4) is 11.5 Å². The summed E-state index contributed by atoms with van der Waals surface area (Å²) in [4.78, 5) is 30.5.